The molecule has 0 radical (unpaired) electrons. The maximum atomic E-state index is 5.44. The summed E-state index contributed by atoms with van der Waals surface area (Å²) in [5.41, 5.74) is 0. The Morgan fingerprint density at radius 3 is 2.07 bits per heavy atom. The fraction of sp³-hybridized carbons (Fsp3) is 1.00. The fourth-order valence-electron chi connectivity index (χ4n) is 1.20. The van der Waals surface area contributed by atoms with Crippen LogP contribution in [0.3, 0.4) is 0 Å². The highest BCUT2D eigenvalue weighted by molar-refractivity contribution is 4.44. The maximum Gasteiger partial charge on any atom is 0.0700 e. The third-order valence-electron chi connectivity index (χ3n) is 2.16. The Hall–Kier alpha value is -0.120. The van der Waals surface area contributed by atoms with Crippen molar-refractivity contribution in [1.29, 1.82) is 0 Å². The molecule has 0 bridgehead atoms. The van der Waals surface area contributed by atoms with Crippen LogP contribution in [0.5, 0.6) is 0 Å². The minimum Gasteiger partial charge on any atom is -0.379 e. The average Bonchev–Trinajstić information content (AvgIpc) is 2.26. The van der Waals surface area contributed by atoms with E-state index in [9.17, 15) is 0 Å². The van der Waals surface area contributed by atoms with Gasteiger partial charge in [-0.2, -0.15) is 0 Å². The van der Waals surface area contributed by atoms with E-state index in [0.29, 0.717) is 0 Å². The number of nitrogens with one attached hydrogen (secondary N) is 1. The van der Waals surface area contributed by atoms with Crippen molar-refractivity contribution in [2.45, 2.75) is 39.5 Å². The van der Waals surface area contributed by atoms with Crippen LogP contribution in [0.2, 0.25) is 0 Å². The van der Waals surface area contributed by atoms with Crippen molar-refractivity contribution in [1.82, 2.24) is 5.32 Å². The van der Waals surface area contributed by atoms with Gasteiger partial charge in [0.2, 0.25) is 0 Å². The van der Waals surface area contributed by atoms with Crippen LogP contribution >= 0.6 is 0 Å². The van der Waals surface area contributed by atoms with Crippen LogP contribution in [0.1, 0.15) is 39.5 Å². The smallest absolute Gasteiger partial charge is 0.0700 e. The first-order valence-corrected chi connectivity index (χ1v) is 6.28. The molecule has 0 aliphatic heterocycles. The van der Waals surface area contributed by atoms with Gasteiger partial charge in [-0.3, -0.25) is 0 Å². The van der Waals surface area contributed by atoms with E-state index in [1.807, 2.05) is 0 Å². The zero-order valence-corrected chi connectivity index (χ0v) is 10.4. The second-order valence-corrected chi connectivity index (χ2v) is 3.64. The molecule has 0 aliphatic carbocycles. The Kier molecular flexibility index (Phi) is 13.8. The van der Waals surface area contributed by atoms with Crippen LogP contribution in [0.4, 0.5) is 0 Å². The lowest BCUT2D eigenvalue weighted by Crippen LogP contribution is -2.14. The largest absolute Gasteiger partial charge is 0.379 e. The molecule has 0 aromatic carbocycles. The van der Waals surface area contributed by atoms with Gasteiger partial charge in [0.25, 0.3) is 0 Å². The number of hydrogen-bond acceptors (Lipinski definition) is 3. The first kappa shape index (κ1) is 14.9. The van der Waals surface area contributed by atoms with E-state index in [1.54, 1.807) is 0 Å². The number of hydrogen-bond donors (Lipinski definition) is 1. The van der Waals surface area contributed by atoms with Gasteiger partial charge in [0, 0.05) is 13.2 Å². The van der Waals surface area contributed by atoms with E-state index in [1.165, 1.54) is 12.8 Å². The molecular formula is C12H27NO2. The molecule has 0 fully saturated rings. The summed E-state index contributed by atoms with van der Waals surface area (Å²) in [6, 6.07) is 0. The summed E-state index contributed by atoms with van der Waals surface area (Å²) in [4.78, 5) is 0. The molecule has 0 aromatic heterocycles. The number of unbranched alkanes of at least 4 members (excludes halogenated alkanes) is 2. The zero-order valence-electron chi connectivity index (χ0n) is 10.4. The quantitative estimate of drug-likeness (QED) is 0.508. The second kappa shape index (κ2) is 13.9. The molecule has 0 spiro atoms. The van der Waals surface area contributed by atoms with E-state index < -0.39 is 0 Å². The van der Waals surface area contributed by atoms with Crippen molar-refractivity contribution < 1.29 is 9.47 Å². The van der Waals surface area contributed by atoms with Gasteiger partial charge in [0.1, 0.15) is 0 Å². The highest BCUT2D eigenvalue weighted by atomic mass is 16.5. The molecule has 0 aliphatic rings. The van der Waals surface area contributed by atoms with E-state index in [2.05, 4.69) is 19.2 Å². The van der Waals surface area contributed by atoms with Crippen LogP contribution in [0.15, 0.2) is 0 Å². The molecule has 0 saturated carbocycles. The van der Waals surface area contributed by atoms with E-state index >= 15 is 0 Å². The van der Waals surface area contributed by atoms with Gasteiger partial charge in [-0.25, -0.2) is 0 Å². The number of rotatable bonds is 12. The lowest BCUT2D eigenvalue weighted by Gasteiger charge is -2.05. The van der Waals surface area contributed by atoms with Crippen LogP contribution in [0, 0.1) is 0 Å². The Morgan fingerprint density at radius 2 is 1.47 bits per heavy atom. The van der Waals surface area contributed by atoms with Gasteiger partial charge in [-0.15, -0.1) is 0 Å². The van der Waals surface area contributed by atoms with Gasteiger partial charge in [-0.1, -0.05) is 20.3 Å². The van der Waals surface area contributed by atoms with Gasteiger partial charge in [0.15, 0.2) is 0 Å². The summed E-state index contributed by atoms with van der Waals surface area (Å²) in [5.74, 6) is 0. The molecule has 0 amide bonds. The van der Waals surface area contributed by atoms with E-state index in [4.69, 9.17) is 9.47 Å². The van der Waals surface area contributed by atoms with Gasteiger partial charge >= 0.3 is 0 Å². The Balaban J connectivity index is 2.81. The minimum absolute atomic E-state index is 0.741. The lowest BCUT2D eigenvalue weighted by molar-refractivity contribution is 0.0454. The predicted octanol–water partition coefficient (Wildman–Crippen LogP) is 2.21. The molecule has 0 unspecified atom stereocenters. The molecule has 92 valence electrons. The molecule has 0 heterocycles. The molecule has 0 rings (SSSR count). The van der Waals surface area contributed by atoms with Crippen LogP contribution < -0.4 is 5.32 Å². The van der Waals surface area contributed by atoms with E-state index in [-0.39, 0.29) is 0 Å². The van der Waals surface area contributed by atoms with Crippen molar-refractivity contribution in [3.05, 3.63) is 0 Å². The van der Waals surface area contributed by atoms with Crippen LogP contribution in [0.25, 0.3) is 0 Å². The zero-order chi connectivity index (χ0) is 11.2. The summed E-state index contributed by atoms with van der Waals surface area (Å²) in [6.45, 7) is 9.69. The van der Waals surface area contributed by atoms with Gasteiger partial charge in [0.05, 0.1) is 13.2 Å². The van der Waals surface area contributed by atoms with Crippen LogP contribution in [-0.2, 0) is 9.47 Å². The molecule has 0 saturated heterocycles. The lowest BCUT2D eigenvalue weighted by atomic mass is 10.3. The average molecular weight is 217 g/mol. The highest BCUT2D eigenvalue weighted by Gasteiger charge is 1.90. The third kappa shape index (κ3) is 13.9. The van der Waals surface area contributed by atoms with Crippen molar-refractivity contribution in [2.75, 3.05) is 39.5 Å². The third-order valence-corrected chi connectivity index (χ3v) is 2.16. The summed E-state index contributed by atoms with van der Waals surface area (Å²) in [7, 11) is 0. The fourth-order valence-corrected chi connectivity index (χ4v) is 1.20. The normalized spacial score (nSPS) is 10.8. The first-order valence-electron chi connectivity index (χ1n) is 6.28. The van der Waals surface area contributed by atoms with Crippen LogP contribution in [-0.4, -0.2) is 39.5 Å². The molecule has 15 heavy (non-hydrogen) atoms. The predicted molar refractivity (Wildman–Crippen MR) is 64.3 cm³/mol. The highest BCUT2D eigenvalue weighted by Crippen LogP contribution is 1.90. The topological polar surface area (TPSA) is 30.5 Å². The Labute approximate surface area is 94.5 Å². The molecule has 3 heteroatoms. The molecule has 0 atom stereocenters. The summed E-state index contributed by atoms with van der Waals surface area (Å²) in [5, 5.41) is 3.29. The minimum atomic E-state index is 0.741. The number of ether oxygens (including phenoxy) is 2. The second-order valence-electron chi connectivity index (χ2n) is 3.64. The van der Waals surface area contributed by atoms with Crippen molar-refractivity contribution in [3.63, 3.8) is 0 Å². The molecule has 1 N–H and O–H groups in total. The summed E-state index contributed by atoms with van der Waals surface area (Å²) < 4.78 is 10.8. The first-order chi connectivity index (χ1) is 7.41. The van der Waals surface area contributed by atoms with Gasteiger partial charge < -0.3 is 14.8 Å². The molecule has 3 nitrogen and oxygen atoms in total. The Morgan fingerprint density at radius 1 is 0.800 bits per heavy atom. The Bertz CT molecular complexity index is 97.8. The maximum absolute atomic E-state index is 5.44. The van der Waals surface area contributed by atoms with Crippen molar-refractivity contribution in [3.8, 4) is 0 Å². The summed E-state index contributed by atoms with van der Waals surface area (Å²) in [6.07, 6.45) is 4.69. The van der Waals surface area contributed by atoms with Gasteiger partial charge in [-0.05, 0) is 32.4 Å². The van der Waals surface area contributed by atoms with E-state index in [0.717, 1.165) is 52.4 Å². The molecular weight excluding hydrogens is 190 g/mol. The standard InChI is InChI=1S/C12H27NO2/c1-3-5-9-14-11-12-15-10-7-6-8-13-4-2/h13H,3-12H2,1-2H3. The SMILES string of the molecule is CCCCOCCOCCCCNCC. The van der Waals surface area contributed by atoms with Crippen molar-refractivity contribution in [2.24, 2.45) is 0 Å². The van der Waals surface area contributed by atoms with Crippen molar-refractivity contribution >= 4 is 0 Å². The summed E-state index contributed by atoms with van der Waals surface area (Å²) >= 11 is 0. The molecule has 0 aromatic rings. The monoisotopic (exact) mass is 217 g/mol.